The first kappa shape index (κ1) is 16.6. The molecule has 2 aromatic rings. The summed E-state index contributed by atoms with van der Waals surface area (Å²) in [7, 11) is 0. The lowest BCUT2D eigenvalue weighted by molar-refractivity contribution is -0.137. The smallest absolute Gasteiger partial charge is 0.286 e. The first-order valence-corrected chi connectivity index (χ1v) is 8.15. The highest BCUT2D eigenvalue weighted by molar-refractivity contribution is 8.15. The van der Waals surface area contributed by atoms with E-state index >= 15 is 0 Å². The summed E-state index contributed by atoms with van der Waals surface area (Å²) in [6.07, 6.45) is -4.42. The fourth-order valence-electron chi connectivity index (χ4n) is 2.27. The first-order chi connectivity index (χ1) is 11.4. The highest BCUT2D eigenvalue weighted by Crippen LogP contribution is 2.32. The van der Waals surface area contributed by atoms with Crippen LogP contribution in [0, 0.1) is 0 Å². The van der Waals surface area contributed by atoms with Crippen molar-refractivity contribution in [2.75, 3.05) is 5.75 Å². The van der Waals surface area contributed by atoms with E-state index in [1.165, 1.54) is 28.8 Å². The number of aliphatic imine (C=N–C) groups is 1. The number of halogens is 3. The fourth-order valence-corrected chi connectivity index (χ4v) is 3.17. The molecule has 0 bridgehead atoms. The van der Waals surface area contributed by atoms with Crippen LogP contribution in [0.5, 0.6) is 0 Å². The molecule has 0 atom stereocenters. The van der Waals surface area contributed by atoms with Crippen molar-refractivity contribution in [3.63, 3.8) is 0 Å². The van der Waals surface area contributed by atoms with E-state index in [1.807, 2.05) is 30.3 Å². The zero-order chi connectivity index (χ0) is 17.2. The first-order valence-electron chi connectivity index (χ1n) is 7.16. The average Bonchev–Trinajstić information content (AvgIpc) is 2.89. The summed E-state index contributed by atoms with van der Waals surface area (Å²) in [4.78, 5) is 17.8. The largest absolute Gasteiger partial charge is 0.416 e. The van der Waals surface area contributed by atoms with Gasteiger partial charge in [0.2, 0.25) is 5.91 Å². The molecule has 7 heteroatoms. The minimum atomic E-state index is -4.42. The Morgan fingerprint density at radius 3 is 2.54 bits per heavy atom. The maximum Gasteiger partial charge on any atom is 0.416 e. The lowest BCUT2D eigenvalue weighted by Gasteiger charge is -2.16. The lowest BCUT2D eigenvalue weighted by atomic mass is 10.2. The molecule has 2 aromatic carbocycles. The summed E-state index contributed by atoms with van der Waals surface area (Å²) >= 11 is 1.23. The van der Waals surface area contributed by atoms with E-state index in [9.17, 15) is 18.0 Å². The minimum absolute atomic E-state index is 0.102. The van der Waals surface area contributed by atoms with Gasteiger partial charge in [0.25, 0.3) is 0 Å². The van der Waals surface area contributed by atoms with Gasteiger partial charge in [0.05, 0.1) is 23.5 Å². The highest BCUT2D eigenvalue weighted by Gasteiger charge is 2.31. The summed E-state index contributed by atoms with van der Waals surface area (Å²) < 4.78 is 38.4. The van der Waals surface area contributed by atoms with Crippen LogP contribution < -0.4 is 0 Å². The second kappa shape index (κ2) is 6.68. The van der Waals surface area contributed by atoms with E-state index in [-0.39, 0.29) is 17.3 Å². The second-order valence-electron chi connectivity index (χ2n) is 5.20. The molecule has 1 heterocycles. The molecule has 0 aromatic heterocycles. The number of rotatable bonds is 3. The Morgan fingerprint density at radius 1 is 1.08 bits per heavy atom. The topological polar surface area (TPSA) is 32.7 Å². The van der Waals surface area contributed by atoms with Gasteiger partial charge in [0.15, 0.2) is 5.17 Å². The number of thioether (sulfide) groups is 1. The van der Waals surface area contributed by atoms with Crippen molar-refractivity contribution in [3.8, 4) is 0 Å². The molecule has 0 N–H and O–H groups in total. The van der Waals surface area contributed by atoms with Crippen molar-refractivity contribution >= 4 is 28.5 Å². The molecule has 1 amide bonds. The zero-order valence-corrected chi connectivity index (χ0v) is 13.3. The molecule has 124 valence electrons. The van der Waals surface area contributed by atoms with Crippen LogP contribution in [0.3, 0.4) is 0 Å². The van der Waals surface area contributed by atoms with Crippen molar-refractivity contribution in [1.82, 2.24) is 4.90 Å². The van der Waals surface area contributed by atoms with Crippen LogP contribution in [-0.2, 0) is 17.5 Å². The van der Waals surface area contributed by atoms with Crippen LogP contribution in [0.1, 0.15) is 11.1 Å². The predicted molar refractivity (Wildman–Crippen MR) is 88.0 cm³/mol. The van der Waals surface area contributed by atoms with Gasteiger partial charge in [0, 0.05) is 0 Å². The van der Waals surface area contributed by atoms with E-state index in [2.05, 4.69) is 4.99 Å². The highest BCUT2D eigenvalue weighted by atomic mass is 32.2. The monoisotopic (exact) mass is 350 g/mol. The number of alkyl halides is 3. The van der Waals surface area contributed by atoms with Gasteiger partial charge < -0.3 is 0 Å². The van der Waals surface area contributed by atoms with Crippen molar-refractivity contribution in [1.29, 1.82) is 0 Å². The minimum Gasteiger partial charge on any atom is -0.286 e. The Bertz CT molecular complexity index is 775. The number of nitrogens with zero attached hydrogens (tertiary/aromatic N) is 2. The molecule has 3 rings (SSSR count). The van der Waals surface area contributed by atoms with Gasteiger partial charge in [-0.05, 0) is 23.8 Å². The standard InChI is InChI=1S/C17H13F3N2OS/c18-17(19,20)13-7-4-8-14(9-13)21-16-22(15(23)11-24-16)10-12-5-2-1-3-6-12/h1-9H,10-11H2. The van der Waals surface area contributed by atoms with E-state index < -0.39 is 11.7 Å². The SMILES string of the molecule is O=C1CSC(=Nc2cccc(C(F)(F)F)c2)N1Cc1ccccc1. The van der Waals surface area contributed by atoms with Crippen LogP contribution in [0.15, 0.2) is 59.6 Å². The third-order valence-electron chi connectivity index (χ3n) is 3.44. The van der Waals surface area contributed by atoms with Gasteiger partial charge in [-0.3, -0.25) is 9.69 Å². The van der Waals surface area contributed by atoms with Crippen LogP contribution in [0.25, 0.3) is 0 Å². The second-order valence-corrected chi connectivity index (χ2v) is 6.14. The third-order valence-corrected chi connectivity index (χ3v) is 4.40. The van der Waals surface area contributed by atoms with Gasteiger partial charge in [-0.1, -0.05) is 48.2 Å². The molecule has 0 aliphatic carbocycles. The molecule has 0 radical (unpaired) electrons. The van der Waals surface area contributed by atoms with Gasteiger partial charge in [0.1, 0.15) is 0 Å². The number of carbonyl (C=O) groups is 1. The number of amides is 1. The summed E-state index contributed by atoms with van der Waals surface area (Å²) in [5.74, 6) is 0.138. The molecule has 0 saturated carbocycles. The average molecular weight is 350 g/mol. The number of carbonyl (C=O) groups excluding carboxylic acids is 1. The molecule has 1 aliphatic heterocycles. The molecule has 3 nitrogen and oxygen atoms in total. The Labute approximate surface area is 141 Å². The molecule has 1 saturated heterocycles. The Balaban J connectivity index is 1.87. The molecular formula is C17H13F3N2OS. The molecule has 24 heavy (non-hydrogen) atoms. The predicted octanol–water partition coefficient (Wildman–Crippen LogP) is 4.47. The Hall–Kier alpha value is -2.28. The number of hydrogen-bond donors (Lipinski definition) is 0. The normalized spacial score (nSPS) is 16.9. The molecule has 0 spiro atoms. The van der Waals surface area contributed by atoms with Gasteiger partial charge >= 0.3 is 6.18 Å². The van der Waals surface area contributed by atoms with E-state index in [0.717, 1.165) is 17.7 Å². The van der Waals surface area contributed by atoms with Gasteiger partial charge in [-0.2, -0.15) is 13.2 Å². The summed E-state index contributed by atoms with van der Waals surface area (Å²) in [6, 6.07) is 14.2. The number of amidine groups is 1. The van der Waals surface area contributed by atoms with Crippen molar-refractivity contribution in [2.24, 2.45) is 4.99 Å². The van der Waals surface area contributed by atoms with Crippen molar-refractivity contribution in [2.45, 2.75) is 12.7 Å². The van der Waals surface area contributed by atoms with E-state index in [4.69, 9.17) is 0 Å². The van der Waals surface area contributed by atoms with E-state index in [1.54, 1.807) is 0 Å². The van der Waals surface area contributed by atoms with Crippen LogP contribution in [0.2, 0.25) is 0 Å². The Kier molecular flexibility index (Phi) is 4.62. The van der Waals surface area contributed by atoms with Crippen LogP contribution >= 0.6 is 11.8 Å². The molecule has 0 unspecified atom stereocenters. The van der Waals surface area contributed by atoms with Crippen LogP contribution in [-0.4, -0.2) is 21.7 Å². The zero-order valence-electron chi connectivity index (χ0n) is 12.5. The number of hydrogen-bond acceptors (Lipinski definition) is 3. The Morgan fingerprint density at radius 2 is 1.83 bits per heavy atom. The molecular weight excluding hydrogens is 337 g/mol. The third kappa shape index (κ3) is 3.79. The summed E-state index contributed by atoms with van der Waals surface area (Å²) in [6.45, 7) is 0.352. The van der Waals surface area contributed by atoms with Crippen molar-refractivity contribution < 1.29 is 18.0 Å². The fraction of sp³-hybridized carbons (Fsp3) is 0.176. The molecule has 1 fully saturated rings. The maximum absolute atomic E-state index is 12.8. The maximum atomic E-state index is 12.8. The molecule has 1 aliphatic rings. The van der Waals surface area contributed by atoms with Crippen LogP contribution in [0.4, 0.5) is 18.9 Å². The summed E-state index contributed by atoms with van der Waals surface area (Å²) in [5, 5.41) is 0.420. The van der Waals surface area contributed by atoms with Crippen molar-refractivity contribution in [3.05, 3.63) is 65.7 Å². The van der Waals surface area contributed by atoms with E-state index in [0.29, 0.717) is 11.7 Å². The quantitative estimate of drug-likeness (QED) is 0.818. The lowest BCUT2D eigenvalue weighted by Crippen LogP contribution is -2.28. The van der Waals surface area contributed by atoms with Gasteiger partial charge in [-0.25, -0.2) is 4.99 Å². The number of benzene rings is 2. The summed E-state index contributed by atoms with van der Waals surface area (Å²) in [5.41, 5.74) is 0.360. The van der Waals surface area contributed by atoms with Gasteiger partial charge in [-0.15, -0.1) is 0 Å².